The molecule has 7 heteroatoms. The summed E-state index contributed by atoms with van der Waals surface area (Å²) in [5, 5.41) is 16.9. The van der Waals surface area contributed by atoms with Crippen LogP contribution in [0, 0.1) is 17.7 Å². The van der Waals surface area contributed by atoms with E-state index in [9.17, 15) is 19.1 Å². The molecule has 3 aliphatic rings. The smallest absolute Gasteiger partial charge is 0.258 e. The van der Waals surface area contributed by atoms with E-state index in [1.807, 2.05) is 18.2 Å². The zero-order valence-electron chi connectivity index (χ0n) is 18.6. The number of aliphatic hydroxyl groups excluding tert-OH is 1. The van der Waals surface area contributed by atoms with Crippen LogP contribution in [0.5, 0.6) is 0 Å². The number of rotatable bonds is 4. The molecule has 0 radical (unpaired) electrons. The largest absolute Gasteiger partial charge is 0.396 e. The highest BCUT2D eigenvalue weighted by Crippen LogP contribution is 2.41. The number of hydrogen-bond donors (Lipinski definition) is 3. The Bertz CT molecular complexity index is 1310. The van der Waals surface area contributed by atoms with Gasteiger partial charge in [0.25, 0.3) is 5.56 Å². The van der Waals surface area contributed by atoms with Gasteiger partial charge in [-0.15, -0.1) is 0 Å². The SMILES string of the molecule is O=C(NC1Cc2ccccc2C1)[C@H]1[C@H](CO)[C@H]2Cn3c(ccc(-c4ccccc4F)c3=O)[C@@H]1N2. The molecule has 6 nitrogen and oxygen atoms in total. The van der Waals surface area contributed by atoms with E-state index in [1.54, 1.807) is 28.8 Å². The van der Waals surface area contributed by atoms with Gasteiger partial charge in [-0.25, -0.2) is 4.39 Å². The predicted molar refractivity (Wildman–Crippen MR) is 126 cm³/mol. The number of amides is 1. The molecule has 1 amide bonds. The molecule has 1 saturated heterocycles. The van der Waals surface area contributed by atoms with E-state index in [0.717, 1.165) is 12.8 Å². The van der Waals surface area contributed by atoms with E-state index in [2.05, 4.69) is 22.8 Å². The van der Waals surface area contributed by atoms with E-state index in [4.69, 9.17) is 0 Å². The lowest BCUT2D eigenvalue weighted by atomic mass is 9.86. The van der Waals surface area contributed by atoms with Gasteiger partial charge in [0.1, 0.15) is 5.82 Å². The minimum Gasteiger partial charge on any atom is -0.396 e. The van der Waals surface area contributed by atoms with Gasteiger partial charge in [0.15, 0.2) is 0 Å². The highest BCUT2D eigenvalue weighted by molar-refractivity contribution is 5.81. The predicted octanol–water partition coefficient (Wildman–Crippen LogP) is 2.19. The quantitative estimate of drug-likeness (QED) is 0.559. The van der Waals surface area contributed by atoms with Gasteiger partial charge in [0, 0.05) is 42.4 Å². The normalized spacial score (nSPS) is 25.1. The molecule has 174 valence electrons. The third-order valence-corrected chi connectivity index (χ3v) is 7.71. The monoisotopic (exact) mass is 459 g/mol. The van der Waals surface area contributed by atoms with Gasteiger partial charge in [-0.3, -0.25) is 9.59 Å². The maximum absolute atomic E-state index is 14.4. The first-order valence-electron chi connectivity index (χ1n) is 11.8. The van der Waals surface area contributed by atoms with Gasteiger partial charge in [0.05, 0.1) is 17.5 Å². The van der Waals surface area contributed by atoms with Gasteiger partial charge in [-0.2, -0.15) is 0 Å². The lowest BCUT2D eigenvalue weighted by Gasteiger charge is -2.28. The molecule has 4 atom stereocenters. The second kappa shape index (κ2) is 8.18. The first-order chi connectivity index (χ1) is 16.5. The number of aromatic nitrogens is 1. The third kappa shape index (κ3) is 3.30. The molecule has 0 saturated carbocycles. The van der Waals surface area contributed by atoms with Crippen molar-refractivity contribution < 1.29 is 14.3 Å². The lowest BCUT2D eigenvalue weighted by molar-refractivity contribution is -0.127. The first-order valence-corrected chi connectivity index (χ1v) is 11.8. The van der Waals surface area contributed by atoms with Gasteiger partial charge in [-0.1, -0.05) is 42.5 Å². The number of halogens is 1. The number of aliphatic hydroxyl groups is 1. The Morgan fingerprint density at radius 1 is 1.03 bits per heavy atom. The lowest BCUT2D eigenvalue weighted by Crippen LogP contribution is -2.44. The Balaban J connectivity index is 1.31. The molecule has 0 unspecified atom stereocenters. The van der Waals surface area contributed by atoms with Crippen molar-refractivity contribution in [2.45, 2.75) is 37.5 Å². The fourth-order valence-electron chi connectivity index (χ4n) is 6.09. The molecule has 1 aliphatic carbocycles. The van der Waals surface area contributed by atoms with Crippen LogP contribution in [0.15, 0.2) is 65.5 Å². The summed E-state index contributed by atoms with van der Waals surface area (Å²) >= 11 is 0. The van der Waals surface area contributed by atoms with Crippen molar-refractivity contribution in [3.63, 3.8) is 0 Å². The summed E-state index contributed by atoms with van der Waals surface area (Å²) in [4.78, 5) is 26.9. The summed E-state index contributed by atoms with van der Waals surface area (Å²) < 4.78 is 16.0. The number of nitrogens with one attached hydrogen (secondary N) is 2. The van der Waals surface area contributed by atoms with Crippen molar-refractivity contribution in [3.8, 4) is 11.1 Å². The van der Waals surface area contributed by atoms with Crippen LogP contribution in [-0.2, 0) is 24.2 Å². The van der Waals surface area contributed by atoms with Crippen LogP contribution >= 0.6 is 0 Å². The van der Waals surface area contributed by atoms with Crippen LogP contribution < -0.4 is 16.2 Å². The Hall–Kier alpha value is -3.29. The zero-order valence-corrected chi connectivity index (χ0v) is 18.6. The molecule has 3 N–H and O–H groups in total. The second-order valence-electron chi connectivity index (χ2n) is 9.57. The average Bonchev–Trinajstić information content (AvgIpc) is 3.38. The van der Waals surface area contributed by atoms with Crippen molar-refractivity contribution in [2.24, 2.45) is 11.8 Å². The van der Waals surface area contributed by atoms with Crippen molar-refractivity contribution >= 4 is 5.91 Å². The molecular weight excluding hydrogens is 433 g/mol. The van der Waals surface area contributed by atoms with Crippen molar-refractivity contribution in [3.05, 3.63) is 93.7 Å². The van der Waals surface area contributed by atoms with E-state index in [-0.39, 0.29) is 47.7 Å². The molecule has 6 rings (SSSR count). The first kappa shape index (κ1) is 21.3. The molecule has 3 aromatic rings. The van der Waals surface area contributed by atoms with Crippen LogP contribution in [0.2, 0.25) is 0 Å². The fourth-order valence-corrected chi connectivity index (χ4v) is 6.09. The summed E-state index contributed by atoms with van der Waals surface area (Å²) in [6, 6.07) is 17.3. The number of carbonyl (C=O) groups is 1. The number of benzene rings is 2. The van der Waals surface area contributed by atoms with E-state index in [1.165, 1.54) is 17.2 Å². The van der Waals surface area contributed by atoms with Crippen LogP contribution in [-0.4, -0.2) is 34.3 Å². The van der Waals surface area contributed by atoms with Crippen LogP contribution in [0.25, 0.3) is 11.1 Å². The highest BCUT2D eigenvalue weighted by Gasteiger charge is 2.51. The Morgan fingerprint density at radius 3 is 2.44 bits per heavy atom. The summed E-state index contributed by atoms with van der Waals surface area (Å²) in [5.74, 6) is -1.35. The van der Waals surface area contributed by atoms with E-state index >= 15 is 0 Å². The molecule has 3 heterocycles. The van der Waals surface area contributed by atoms with Crippen molar-refractivity contribution in [1.82, 2.24) is 15.2 Å². The van der Waals surface area contributed by atoms with E-state index < -0.39 is 11.7 Å². The summed E-state index contributed by atoms with van der Waals surface area (Å²) in [7, 11) is 0. The molecular formula is C27H26FN3O3. The Labute approximate surface area is 196 Å². The molecule has 2 aliphatic heterocycles. The number of nitrogens with zero attached hydrogens (tertiary/aromatic N) is 1. The topological polar surface area (TPSA) is 83.4 Å². The average molecular weight is 460 g/mol. The third-order valence-electron chi connectivity index (χ3n) is 7.71. The summed E-state index contributed by atoms with van der Waals surface area (Å²) in [6.07, 6.45) is 1.59. The molecule has 2 aromatic carbocycles. The Kier molecular flexibility index (Phi) is 5.12. The van der Waals surface area contributed by atoms with Crippen molar-refractivity contribution in [1.29, 1.82) is 0 Å². The molecule has 34 heavy (non-hydrogen) atoms. The highest BCUT2D eigenvalue weighted by atomic mass is 19.1. The summed E-state index contributed by atoms with van der Waals surface area (Å²) in [6.45, 7) is 0.177. The minimum atomic E-state index is -0.494. The fraction of sp³-hybridized carbons (Fsp3) is 0.333. The van der Waals surface area contributed by atoms with E-state index in [0.29, 0.717) is 17.8 Å². The van der Waals surface area contributed by atoms with Gasteiger partial charge in [0.2, 0.25) is 5.91 Å². The van der Waals surface area contributed by atoms with Gasteiger partial charge < -0.3 is 20.3 Å². The molecule has 2 bridgehead atoms. The molecule has 1 aromatic heterocycles. The van der Waals surface area contributed by atoms with Gasteiger partial charge in [-0.05, 0) is 42.2 Å². The number of pyridine rings is 1. The Morgan fingerprint density at radius 2 is 1.74 bits per heavy atom. The minimum absolute atomic E-state index is 0.0234. The maximum atomic E-state index is 14.4. The number of fused-ring (bicyclic) bond motifs is 5. The number of carbonyl (C=O) groups excluding carboxylic acids is 1. The van der Waals surface area contributed by atoms with Crippen molar-refractivity contribution in [2.75, 3.05) is 6.61 Å². The molecule has 1 fully saturated rings. The second-order valence-corrected chi connectivity index (χ2v) is 9.57. The van der Waals surface area contributed by atoms with Crippen LogP contribution in [0.4, 0.5) is 4.39 Å². The summed E-state index contributed by atoms with van der Waals surface area (Å²) in [5.41, 5.74) is 3.51. The molecule has 0 spiro atoms. The maximum Gasteiger partial charge on any atom is 0.258 e. The van der Waals surface area contributed by atoms with Gasteiger partial charge >= 0.3 is 0 Å². The number of hydrogen-bond acceptors (Lipinski definition) is 4. The van der Waals surface area contributed by atoms with Crippen LogP contribution in [0.1, 0.15) is 22.9 Å². The standard InChI is InChI=1S/C27H26FN3O3/c28-21-8-4-3-7-18(21)19-9-10-23-25-24(20(14-32)22(30-25)13-31(23)27(19)34)26(33)29-17-11-15-5-1-2-6-16(15)12-17/h1-10,17,20,22,24-25,30,32H,11-14H2,(H,29,33)/t20-,22-,24+,25+/m1/s1. The van der Waals surface area contributed by atoms with Crippen LogP contribution in [0.3, 0.4) is 0 Å². The zero-order chi connectivity index (χ0) is 23.4.